The van der Waals surface area contributed by atoms with E-state index < -0.39 is 5.97 Å². The van der Waals surface area contributed by atoms with Gasteiger partial charge in [0.05, 0.1) is 11.6 Å². The monoisotopic (exact) mass is 354 g/mol. The van der Waals surface area contributed by atoms with E-state index in [0.717, 1.165) is 12.8 Å². The molecule has 1 aromatic rings. The number of para-hydroxylation sites is 1. The lowest BCUT2D eigenvalue weighted by molar-refractivity contribution is -0.144. The summed E-state index contributed by atoms with van der Waals surface area (Å²) in [4.78, 5) is 23.3. The van der Waals surface area contributed by atoms with Crippen molar-refractivity contribution in [3.63, 3.8) is 0 Å². The Bertz CT molecular complexity index is 502. The number of halogens is 1. The Morgan fingerprint density at radius 2 is 1.58 bits per heavy atom. The van der Waals surface area contributed by atoms with Gasteiger partial charge in [-0.1, -0.05) is 62.8 Å². The van der Waals surface area contributed by atoms with Gasteiger partial charge in [-0.2, -0.15) is 0 Å². The van der Waals surface area contributed by atoms with Crippen molar-refractivity contribution in [2.24, 2.45) is 0 Å². The van der Waals surface area contributed by atoms with Gasteiger partial charge in [0.15, 0.2) is 0 Å². The summed E-state index contributed by atoms with van der Waals surface area (Å²) in [6.45, 7) is 2.65. The summed E-state index contributed by atoms with van der Waals surface area (Å²) in [5.41, 5.74) is 0. The zero-order valence-corrected chi connectivity index (χ0v) is 15.1. The molecule has 0 aliphatic carbocycles. The topological polar surface area (TPSA) is 52.6 Å². The average Bonchev–Trinajstić information content (AvgIpc) is 2.56. The zero-order chi connectivity index (χ0) is 17.6. The Hall–Kier alpha value is -1.55. The molecule has 0 radical (unpaired) electrons. The molecule has 24 heavy (non-hydrogen) atoms. The van der Waals surface area contributed by atoms with Crippen molar-refractivity contribution in [3.8, 4) is 5.75 Å². The van der Waals surface area contributed by atoms with Crippen LogP contribution < -0.4 is 4.74 Å². The Balaban J connectivity index is 2.04. The minimum Gasteiger partial charge on any atom is -0.466 e. The minimum atomic E-state index is -0.396. The fourth-order valence-electron chi connectivity index (χ4n) is 2.22. The van der Waals surface area contributed by atoms with Crippen molar-refractivity contribution in [1.29, 1.82) is 0 Å². The first-order valence-corrected chi connectivity index (χ1v) is 9.12. The van der Waals surface area contributed by atoms with Crippen LogP contribution in [0.15, 0.2) is 24.3 Å². The first-order chi connectivity index (χ1) is 11.6. The Morgan fingerprint density at radius 1 is 0.917 bits per heavy atom. The van der Waals surface area contributed by atoms with E-state index >= 15 is 0 Å². The molecule has 0 aliphatic heterocycles. The molecule has 0 atom stereocenters. The van der Waals surface area contributed by atoms with Crippen molar-refractivity contribution < 1.29 is 19.1 Å². The van der Waals surface area contributed by atoms with Gasteiger partial charge in [-0.3, -0.25) is 9.59 Å². The number of carbonyl (C=O) groups excluding carboxylic acids is 2. The van der Waals surface area contributed by atoms with Gasteiger partial charge in [-0.15, -0.1) is 0 Å². The van der Waals surface area contributed by atoms with Crippen molar-refractivity contribution in [1.82, 2.24) is 0 Å². The normalized spacial score (nSPS) is 10.4. The Kier molecular flexibility index (Phi) is 10.9. The highest BCUT2D eigenvalue weighted by Gasteiger charge is 2.10. The third-order valence-electron chi connectivity index (χ3n) is 3.58. The Labute approximate surface area is 149 Å². The van der Waals surface area contributed by atoms with Gasteiger partial charge in [0, 0.05) is 12.8 Å². The smallest absolute Gasteiger partial charge is 0.311 e. The summed E-state index contributed by atoms with van der Waals surface area (Å²) >= 11 is 5.91. The van der Waals surface area contributed by atoms with Gasteiger partial charge in [0.1, 0.15) is 5.75 Å². The van der Waals surface area contributed by atoms with Crippen LogP contribution in [0.3, 0.4) is 0 Å². The molecular formula is C19H27ClO4. The quantitative estimate of drug-likeness (QED) is 0.289. The molecule has 0 spiro atoms. The van der Waals surface area contributed by atoms with E-state index in [2.05, 4.69) is 6.92 Å². The second-order valence-corrected chi connectivity index (χ2v) is 6.15. The lowest BCUT2D eigenvalue weighted by Crippen LogP contribution is -2.10. The number of ether oxygens (including phenoxy) is 2. The number of unbranched alkanes of at least 4 members (excludes halogenated alkanes) is 5. The van der Waals surface area contributed by atoms with Crippen LogP contribution >= 0.6 is 11.6 Å². The first kappa shape index (κ1) is 20.5. The molecule has 0 N–H and O–H groups in total. The van der Waals surface area contributed by atoms with E-state index in [1.807, 2.05) is 0 Å². The number of hydrogen-bond donors (Lipinski definition) is 0. The van der Waals surface area contributed by atoms with Crippen LogP contribution in [0.4, 0.5) is 0 Å². The number of hydrogen-bond acceptors (Lipinski definition) is 4. The summed E-state index contributed by atoms with van der Waals surface area (Å²) in [7, 11) is 0. The van der Waals surface area contributed by atoms with Gasteiger partial charge in [0.25, 0.3) is 0 Å². The highest BCUT2D eigenvalue weighted by atomic mass is 35.5. The molecule has 4 nitrogen and oxygen atoms in total. The van der Waals surface area contributed by atoms with E-state index in [0.29, 0.717) is 23.8 Å². The second-order valence-electron chi connectivity index (χ2n) is 5.75. The van der Waals surface area contributed by atoms with Crippen LogP contribution in [-0.2, 0) is 14.3 Å². The third kappa shape index (κ3) is 9.56. The zero-order valence-electron chi connectivity index (χ0n) is 14.4. The largest absolute Gasteiger partial charge is 0.466 e. The molecule has 1 rings (SSSR count). The van der Waals surface area contributed by atoms with E-state index in [4.69, 9.17) is 21.1 Å². The average molecular weight is 355 g/mol. The van der Waals surface area contributed by atoms with Crippen LogP contribution in [0.2, 0.25) is 5.02 Å². The van der Waals surface area contributed by atoms with Gasteiger partial charge in [-0.05, 0) is 25.0 Å². The molecule has 0 aromatic heterocycles. The number of carbonyl (C=O) groups is 2. The maximum absolute atomic E-state index is 11.7. The van der Waals surface area contributed by atoms with E-state index in [1.165, 1.54) is 25.7 Å². The molecule has 0 aliphatic rings. The summed E-state index contributed by atoms with van der Waals surface area (Å²) < 4.78 is 10.3. The van der Waals surface area contributed by atoms with Gasteiger partial charge < -0.3 is 9.47 Å². The summed E-state index contributed by atoms with van der Waals surface area (Å²) in [6, 6.07) is 6.80. The van der Waals surface area contributed by atoms with Crippen molar-refractivity contribution in [2.45, 2.75) is 64.7 Å². The first-order valence-electron chi connectivity index (χ1n) is 8.74. The lowest BCUT2D eigenvalue weighted by atomic mass is 10.1. The predicted octanol–water partition coefficient (Wildman–Crippen LogP) is 5.32. The van der Waals surface area contributed by atoms with Crippen LogP contribution in [0.5, 0.6) is 5.75 Å². The standard InChI is InChI=1S/C19H27ClO4/c1-2-3-4-5-6-9-15-23-18(21)13-10-14-19(22)24-17-12-8-7-11-16(17)20/h7-8,11-12H,2-6,9-10,13-15H2,1H3. The maximum atomic E-state index is 11.7. The molecular weight excluding hydrogens is 328 g/mol. The van der Waals surface area contributed by atoms with Gasteiger partial charge in [-0.25, -0.2) is 0 Å². The predicted molar refractivity (Wildman–Crippen MR) is 95.3 cm³/mol. The second kappa shape index (κ2) is 12.8. The van der Waals surface area contributed by atoms with Crippen molar-refractivity contribution in [3.05, 3.63) is 29.3 Å². The van der Waals surface area contributed by atoms with Crippen LogP contribution in [-0.4, -0.2) is 18.5 Å². The molecule has 134 valence electrons. The summed E-state index contributed by atoms with van der Waals surface area (Å²) in [5.74, 6) is -0.309. The molecule has 0 bridgehead atoms. The molecule has 1 aromatic carbocycles. The fraction of sp³-hybridized carbons (Fsp3) is 0.579. The van der Waals surface area contributed by atoms with Crippen LogP contribution in [0.25, 0.3) is 0 Å². The van der Waals surface area contributed by atoms with Gasteiger partial charge >= 0.3 is 11.9 Å². The summed E-state index contributed by atoms with van der Waals surface area (Å²) in [5, 5.41) is 0.393. The molecule has 0 saturated heterocycles. The lowest BCUT2D eigenvalue weighted by Gasteiger charge is -2.06. The fourth-order valence-corrected chi connectivity index (χ4v) is 2.39. The van der Waals surface area contributed by atoms with Gasteiger partial charge in [0.2, 0.25) is 0 Å². The SMILES string of the molecule is CCCCCCCCOC(=O)CCCC(=O)Oc1ccccc1Cl. The van der Waals surface area contributed by atoms with E-state index in [1.54, 1.807) is 24.3 Å². The molecule has 5 heteroatoms. The van der Waals surface area contributed by atoms with Crippen molar-refractivity contribution >= 4 is 23.5 Å². The Morgan fingerprint density at radius 3 is 2.33 bits per heavy atom. The van der Waals surface area contributed by atoms with E-state index in [-0.39, 0.29) is 18.8 Å². The van der Waals surface area contributed by atoms with Crippen LogP contribution in [0.1, 0.15) is 64.7 Å². The minimum absolute atomic E-state index is 0.164. The highest BCUT2D eigenvalue weighted by molar-refractivity contribution is 6.32. The van der Waals surface area contributed by atoms with E-state index in [9.17, 15) is 9.59 Å². The highest BCUT2D eigenvalue weighted by Crippen LogP contribution is 2.23. The molecule has 0 heterocycles. The van der Waals surface area contributed by atoms with Crippen LogP contribution in [0, 0.1) is 0 Å². The molecule has 0 saturated carbocycles. The number of esters is 2. The molecule has 0 unspecified atom stereocenters. The van der Waals surface area contributed by atoms with Crippen molar-refractivity contribution in [2.75, 3.05) is 6.61 Å². The molecule has 0 fully saturated rings. The number of benzene rings is 1. The maximum Gasteiger partial charge on any atom is 0.311 e. The molecule has 0 amide bonds. The number of rotatable bonds is 12. The summed E-state index contributed by atoms with van der Waals surface area (Å²) in [6.07, 6.45) is 7.75. The third-order valence-corrected chi connectivity index (χ3v) is 3.90.